The molecule has 182 valence electrons. The molecule has 2 saturated heterocycles. The number of hydrogen-bond donors (Lipinski definition) is 2. The summed E-state index contributed by atoms with van der Waals surface area (Å²) in [6, 6.07) is 1.68. The Bertz CT molecular complexity index is 1300. The van der Waals surface area contributed by atoms with Crippen LogP contribution in [-0.4, -0.2) is 76.4 Å². The first-order valence-corrected chi connectivity index (χ1v) is 12.8. The summed E-state index contributed by atoms with van der Waals surface area (Å²) in [4.78, 5) is 19.4. The fourth-order valence-electron chi connectivity index (χ4n) is 4.25. The Morgan fingerprint density at radius 1 is 1.21 bits per heavy atom. The second kappa shape index (κ2) is 8.91. The fourth-order valence-corrected chi connectivity index (χ4v) is 5.45. The Morgan fingerprint density at radius 2 is 1.94 bits per heavy atom. The van der Waals surface area contributed by atoms with Gasteiger partial charge in [-0.15, -0.1) is 0 Å². The molecule has 0 radical (unpaired) electrons. The number of halogens is 2. The van der Waals surface area contributed by atoms with Crippen LogP contribution in [0.4, 0.5) is 20.3 Å². The molecular weight excluding hydrogens is 470 g/mol. The molecule has 0 bridgehead atoms. The molecule has 34 heavy (non-hydrogen) atoms. The van der Waals surface area contributed by atoms with E-state index in [0.717, 1.165) is 25.9 Å². The summed E-state index contributed by atoms with van der Waals surface area (Å²) in [5.74, 6) is -0.0510. The average molecular weight is 495 g/mol. The van der Waals surface area contributed by atoms with E-state index in [1.807, 2.05) is 4.90 Å². The van der Waals surface area contributed by atoms with Crippen molar-refractivity contribution in [2.45, 2.75) is 25.3 Å². The van der Waals surface area contributed by atoms with Crippen LogP contribution in [-0.2, 0) is 9.84 Å². The van der Waals surface area contributed by atoms with Crippen LogP contribution in [0.2, 0.25) is 0 Å². The highest BCUT2D eigenvalue weighted by Crippen LogP contribution is 2.29. The van der Waals surface area contributed by atoms with Crippen LogP contribution >= 0.6 is 0 Å². The molecule has 14 heteroatoms. The van der Waals surface area contributed by atoms with Crippen LogP contribution in [0, 0.1) is 0 Å². The van der Waals surface area contributed by atoms with Gasteiger partial charge in [0.05, 0.1) is 29.4 Å². The minimum atomic E-state index is -3.05. The molecule has 0 saturated carbocycles. The van der Waals surface area contributed by atoms with Crippen molar-refractivity contribution in [1.29, 1.82) is 0 Å². The Kier molecular flexibility index (Phi) is 5.93. The lowest BCUT2D eigenvalue weighted by Gasteiger charge is -2.27. The molecule has 0 unspecified atom stereocenters. The topological polar surface area (TPSA) is 127 Å². The van der Waals surface area contributed by atoms with Gasteiger partial charge in [0.2, 0.25) is 0 Å². The van der Waals surface area contributed by atoms with E-state index in [0.29, 0.717) is 18.9 Å². The summed E-state index contributed by atoms with van der Waals surface area (Å²) >= 11 is 0. The van der Waals surface area contributed by atoms with E-state index in [2.05, 4.69) is 25.8 Å². The molecule has 2 fully saturated rings. The maximum absolute atomic E-state index is 13.7. The highest BCUT2D eigenvalue weighted by atomic mass is 32.2. The summed E-state index contributed by atoms with van der Waals surface area (Å²) < 4.78 is 53.7. The fraction of sp³-hybridized carbons (Fsp3) is 0.500. The van der Waals surface area contributed by atoms with Crippen LogP contribution in [0.25, 0.3) is 5.65 Å². The highest BCUT2D eigenvalue weighted by molar-refractivity contribution is 7.91. The number of amides is 1. The van der Waals surface area contributed by atoms with Gasteiger partial charge < -0.3 is 15.5 Å². The summed E-state index contributed by atoms with van der Waals surface area (Å²) in [6.07, 6.45) is 3.07. The first-order valence-electron chi connectivity index (χ1n) is 11.0. The number of alkyl halides is 2. The van der Waals surface area contributed by atoms with Crippen molar-refractivity contribution in [1.82, 2.24) is 29.7 Å². The maximum atomic E-state index is 13.7. The summed E-state index contributed by atoms with van der Waals surface area (Å²) in [5, 5.41) is 14.0. The molecule has 5 heterocycles. The van der Waals surface area contributed by atoms with Crippen LogP contribution in [0.3, 0.4) is 0 Å². The van der Waals surface area contributed by atoms with Gasteiger partial charge in [0.25, 0.3) is 12.3 Å². The maximum Gasteiger partial charge on any atom is 0.284 e. The van der Waals surface area contributed by atoms with Crippen LogP contribution in [0.1, 0.15) is 41.4 Å². The zero-order chi connectivity index (χ0) is 23.9. The van der Waals surface area contributed by atoms with Gasteiger partial charge in [0.15, 0.2) is 21.2 Å². The van der Waals surface area contributed by atoms with Gasteiger partial charge in [-0.25, -0.2) is 26.7 Å². The molecule has 5 rings (SSSR count). The first kappa shape index (κ1) is 22.7. The summed E-state index contributed by atoms with van der Waals surface area (Å²) in [6.45, 7) is 2.15. The molecule has 2 aliphatic heterocycles. The number of anilines is 2. The number of piperidine rings is 1. The molecular formula is C20H24F2N8O3S. The van der Waals surface area contributed by atoms with Gasteiger partial charge in [-0.05, 0) is 32.0 Å². The number of rotatable bonds is 5. The van der Waals surface area contributed by atoms with Gasteiger partial charge >= 0.3 is 0 Å². The quantitative estimate of drug-likeness (QED) is 0.543. The number of nitrogens with one attached hydrogen (secondary N) is 2. The van der Waals surface area contributed by atoms with Gasteiger partial charge in [0.1, 0.15) is 11.4 Å². The Morgan fingerprint density at radius 3 is 2.65 bits per heavy atom. The first-order chi connectivity index (χ1) is 16.3. The van der Waals surface area contributed by atoms with E-state index in [9.17, 15) is 22.0 Å². The summed E-state index contributed by atoms with van der Waals surface area (Å²) in [5.41, 5.74) is -0.170. The Hall–Kier alpha value is -3.13. The van der Waals surface area contributed by atoms with Crippen molar-refractivity contribution in [2.24, 2.45) is 0 Å². The number of nitrogens with zero attached hydrogens (tertiary/aromatic N) is 6. The SMILES string of the molecule is O=C(Nc1cn(C2CCNCC2)nc1C(F)F)c1cnn2ccc(N3CCS(=O)(=O)CC3)nc12. The molecule has 3 aromatic heterocycles. The average Bonchev–Trinajstić information content (AvgIpc) is 3.44. The largest absolute Gasteiger partial charge is 0.354 e. The third kappa shape index (κ3) is 4.46. The van der Waals surface area contributed by atoms with Crippen molar-refractivity contribution in [2.75, 3.05) is 47.9 Å². The lowest BCUT2D eigenvalue weighted by molar-refractivity contribution is 0.102. The molecule has 0 atom stereocenters. The Balaban J connectivity index is 1.40. The zero-order valence-electron chi connectivity index (χ0n) is 18.2. The van der Waals surface area contributed by atoms with E-state index in [1.165, 1.54) is 21.6 Å². The zero-order valence-corrected chi connectivity index (χ0v) is 19.0. The van der Waals surface area contributed by atoms with Crippen molar-refractivity contribution < 1.29 is 22.0 Å². The second-order valence-electron chi connectivity index (χ2n) is 8.40. The second-order valence-corrected chi connectivity index (χ2v) is 10.7. The summed E-state index contributed by atoms with van der Waals surface area (Å²) in [7, 11) is -3.05. The van der Waals surface area contributed by atoms with Crippen LogP contribution in [0.5, 0.6) is 0 Å². The standard InChI is InChI=1S/C20H24F2N8O3S/c21-18(22)17-15(12-30(27-17)13-1-4-23-5-2-13)25-20(31)14-11-24-29-6-3-16(26-19(14)29)28-7-9-34(32,33)10-8-28/h3,6,11-13,18,23H,1-2,4-5,7-10H2,(H,25,31). The van der Waals surface area contributed by atoms with Crippen molar-refractivity contribution >= 4 is 32.9 Å². The van der Waals surface area contributed by atoms with Gasteiger partial charge in [-0.1, -0.05) is 0 Å². The van der Waals surface area contributed by atoms with Crippen molar-refractivity contribution in [3.63, 3.8) is 0 Å². The van der Waals surface area contributed by atoms with Crippen molar-refractivity contribution in [3.8, 4) is 0 Å². The number of aromatic nitrogens is 5. The number of hydrogen-bond acceptors (Lipinski definition) is 8. The van der Waals surface area contributed by atoms with Crippen LogP contribution in [0.15, 0.2) is 24.7 Å². The molecule has 0 aliphatic carbocycles. The predicted molar refractivity (Wildman–Crippen MR) is 120 cm³/mol. The third-order valence-corrected chi connectivity index (χ3v) is 7.77. The molecule has 3 aromatic rings. The predicted octanol–water partition coefficient (Wildman–Crippen LogP) is 1.27. The lowest BCUT2D eigenvalue weighted by atomic mass is 10.1. The van der Waals surface area contributed by atoms with Crippen LogP contribution < -0.4 is 15.5 Å². The van der Waals surface area contributed by atoms with E-state index < -0.39 is 27.9 Å². The van der Waals surface area contributed by atoms with Gasteiger partial charge in [-0.3, -0.25) is 9.48 Å². The monoisotopic (exact) mass is 494 g/mol. The molecule has 0 spiro atoms. The molecule has 2 N–H and O–H groups in total. The minimum Gasteiger partial charge on any atom is -0.354 e. The minimum absolute atomic E-state index is 0.0149. The number of sulfone groups is 1. The normalized spacial score (nSPS) is 19.1. The molecule has 11 nitrogen and oxygen atoms in total. The van der Waals surface area contributed by atoms with Crippen molar-refractivity contribution in [3.05, 3.63) is 35.9 Å². The lowest BCUT2D eigenvalue weighted by Crippen LogP contribution is -2.40. The van der Waals surface area contributed by atoms with E-state index in [1.54, 1.807) is 12.3 Å². The van der Waals surface area contributed by atoms with Gasteiger partial charge in [0, 0.05) is 25.5 Å². The number of fused-ring (bicyclic) bond motifs is 1. The third-order valence-electron chi connectivity index (χ3n) is 6.17. The molecule has 1 amide bonds. The highest BCUT2D eigenvalue weighted by Gasteiger charge is 2.26. The van der Waals surface area contributed by atoms with E-state index in [-0.39, 0.29) is 34.4 Å². The smallest absolute Gasteiger partial charge is 0.284 e. The van der Waals surface area contributed by atoms with E-state index >= 15 is 0 Å². The Labute approximate surface area is 194 Å². The number of carbonyl (C=O) groups is 1. The van der Waals surface area contributed by atoms with Gasteiger partial charge in [-0.2, -0.15) is 10.2 Å². The van der Waals surface area contributed by atoms with E-state index in [4.69, 9.17) is 0 Å². The molecule has 0 aromatic carbocycles. The molecule has 2 aliphatic rings. The number of carbonyl (C=O) groups excluding carboxylic acids is 1.